The quantitative estimate of drug-likeness (QED) is 0.372. The molecule has 0 saturated heterocycles. The molecule has 162 valence electrons. The number of fused-ring (bicyclic) bond motifs is 1. The molecular weight excluding hydrogens is 423 g/mol. The average Bonchev–Trinajstić information content (AvgIpc) is 2.72. The molecule has 1 aliphatic rings. The standard InChI is InChI=1S/C23H16F7N/c24-21-18(7-2-8-19(21)23(28,29)30)15-10-9-14-4-3-11-31(20(14)12-15)17-6-1-5-16(13-17)22(25,26)27/h1-2,5-10,12-13H,3-4,11H2. The summed E-state index contributed by atoms with van der Waals surface area (Å²) in [6.45, 7) is 0.433. The van der Waals surface area contributed by atoms with Crippen molar-refractivity contribution in [3.8, 4) is 11.1 Å². The Bertz CT molecular complexity index is 1120. The smallest absolute Gasteiger partial charge is 0.341 e. The third-order valence-electron chi connectivity index (χ3n) is 5.30. The minimum Gasteiger partial charge on any atom is -0.341 e. The van der Waals surface area contributed by atoms with Crippen molar-refractivity contribution < 1.29 is 30.7 Å². The lowest BCUT2D eigenvalue weighted by atomic mass is 9.95. The second-order valence-corrected chi connectivity index (χ2v) is 7.31. The Hall–Kier alpha value is -3.03. The first-order chi connectivity index (χ1) is 14.6. The van der Waals surface area contributed by atoms with Gasteiger partial charge >= 0.3 is 12.4 Å². The molecule has 3 aromatic carbocycles. The summed E-state index contributed by atoms with van der Waals surface area (Å²) in [6.07, 6.45) is -7.98. The highest BCUT2D eigenvalue weighted by Gasteiger charge is 2.35. The largest absolute Gasteiger partial charge is 0.419 e. The highest BCUT2D eigenvalue weighted by molar-refractivity contribution is 5.76. The van der Waals surface area contributed by atoms with Crippen LogP contribution < -0.4 is 4.90 Å². The molecule has 8 heteroatoms. The van der Waals surface area contributed by atoms with Crippen LogP contribution in [-0.2, 0) is 18.8 Å². The van der Waals surface area contributed by atoms with Crippen LogP contribution in [-0.4, -0.2) is 6.54 Å². The predicted molar refractivity (Wildman–Crippen MR) is 104 cm³/mol. The van der Waals surface area contributed by atoms with E-state index in [0.717, 1.165) is 23.8 Å². The summed E-state index contributed by atoms with van der Waals surface area (Å²) in [5.74, 6) is -1.38. The van der Waals surface area contributed by atoms with Crippen LogP contribution in [0.3, 0.4) is 0 Å². The molecule has 0 fully saturated rings. The molecule has 0 saturated carbocycles. The van der Waals surface area contributed by atoms with Gasteiger partial charge in [-0.25, -0.2) is 4.39 Å². The van der Waals surface area contributed by atoms with Gasteiger partial charge in [-0.3, -0.25) is 0 Å². The Balaban J connectivity index is 1.80. The molecule has 0 radical (unpaired) electrons. The van der Waals surface area contributed by atoms with Gasteiger partial charge in [0.05, 0.1) is 11.1 Å². The van der Waals surface area contributed by atoms with Crippen LogP contribution in [0.2, 0.25) is 0 Å². The van der Waals surface area contributed by atoms with E-state index < -0.39 is 29.3 Å². The van der Waals surface area contributed by atoms with Crippen molar-refractivity contribution in [2.24, 2.45) is 0 Å². The number of halogens is 7. The van der Waals surface area contributed by atoms with E-state index in [9.17, 15) is 30.7 Å². The minimum atomic E-state index is -4.83. The van der Waals surface area contributed by atoms with Crippen LogP contribution in [0.4, 0.5) is 42.1 Å². The van der Waals surface area contributed by atoms with Gasteiger partial charge in [0.2, 0.25) is 0 Å². The van der Waals surface area contributed by atoms with E-state index in [2.05, 4.69) is 0 Å². The second kappa shape index (κ2) is 7.59. The summed E-state index contributed by atoms with van der Waals surface area (Å²) in [6, 6.07) is 12.7. The predicted octanol–water partition coefficient (Wildman–Crippen LogP) is 7.61. The van der Waals surface area contributed by atoms with Crippen LogP contribution in [0, 0.1) is 5.82 Å². The second-order valence-electron chi connectivity index (χ2n) is 7.31. The molecule has 0 bridgehead atoms. The highest BCUT2D eigenvalue weighted by Crippen LogP contribution is 2.41. The normalized spacial score (nSPS) is 14.5. The van der Waals surface area contributed by atoms with Crippen molar-refractivity contribution in [1.82, 2.24) is 0 Å². The Morgan fingerprint density at radius 1 is 0.774 bits per heavy atom. The van der Waals surface area contributed by atoms with Gasteiger partial charge in [-0.1, -0.05) is 30.3 Å². The summed E-state index contributed by atoms with van der Waals surface area (Å²) >= 11 is 0. The molecule has 1 aliphatic heterocycles. The monoisotopic (exact) mass is 439 g/mol. The number of hydrogen-bond acceptors (Lipinski definition) is 1. The van der Waals surface area contributed by atoms with E-state index in [1.165, 1.54) is 24.3 Å². The fraction of sp³-hybridized carbons (Fsp3) is 0.217. The lowest BCUT2D eigenvalue weighted by Gasteiger charge is -2.32. The topological polar surface area (TPSA) is 3.24 Å². The molecule has 0 amide bonds. The lowest BCUT2D eigenvalue weighted by Crippen LogP contribution is -2.25. The zero-order valence-electron chi connectivity index (χ0n) is 16.0. The first-order valence-electron chi connectivity index (χ1n) is 9.49. The van der Waals surface area contributed by atoms with E-state index in [4.69, 9.17) is 0 Å². The minimum absolute atomic E-state index is 0.216. The molecule has 0 aromatic heterocycles. The van der Waals surface area contributed by atoms with Gasteiger partial charge in [-0.15, -0.1) is 0 Å². The number of nitrogens with zero attached hydrogens (tertiary/aromatic N) is 1. The van der Waals surface area contributed by atoms with Gasteiger partial charge in [0, 0.05) is 23.5 Å². The molecule has 0 spiro atoms. The summed E-state index contributed by atoms with van der Waals surface area (Å²) in [5.41, 5.74) is -0.444. The zero-order valence-corrected chi connectivity index (χ0v) is 16.0. The summed E-state index contributed by atoms with van der Waals surface area (Å²) in [4.78, 5) is 1.68. The van der Waals surface area contributed by atoms with Gasteiger partial charge in [0.15, 0.2) is 0 Å². The Morgan fingerprint density at radius 3 is 2.23 bits per heavy atom. The van der Waals surface area contributed by atoms with Crippen molar-refractivity contribution in [1.29, 1.82) is 0 Å². The Labute approximate surface area is 173 Å². The maximum absolute atomic E-state index is 14.6. The summed E-state index contributed by atoms with van der Waals surface area (Å²) in [5, 5.41) is 0. The molecule has 0 unspecified atom stereocenters. The average molecular weight is 439 g/mol. The fourth-order valence-corrected chi connectivity index (χ4v) is 3.83. The molecule has 31 heavy (non-hydrogen) atoms. The van der Waals surface area contributed by atoms with Crippen LogP contribution >= 0.6 is 0 Å². The first kappa shape index (κ1) is 21.2. The maximum Gasteiger partial charge on any atom is 0.419 e. The van der Waals surface area contributed by atoms with Crippen molar-refractivity contribution in [3.63, 3.8) is 0 Å². The van der Waals surface area contributed by atoms with E-state index in [1.807, 2.05) is 0 Å². The van der Waals surface area contributed by atoms with Gasteiger partial charge < -0.3 is 4.90 Å². The third-order valence-corrected chi connectivity index (χ3v) is 5.30. The molecule has 0 N–H and O–H groups in total. The van der Waals surface area contributed by atoms with Crippen LogP contribution in [0.25, 0.3) is 11.1 Å². The van der Waals surface area contributed by atoms with E-state index in [1.54, 1.807) is 17.0 Å². The number of hydrogen-bond donors (Lipinski definition) is 0. The maximum atomic E-state index is 14.6. The van der Waals surface area contributed by atoms with E-state index in [-0.39, 0.29) is 11.1 Å². The van der Waals surface area contributed by atoms with Crippen molar-refractivity contribution in [3.05, 3.63) is 83.2 Å². The Morgan fingerprint density at radius 2 is 1.52 bits per heavy atom. The highest BCUT2D eigenvalue weighted by atomic mass is 19.4. The van der Waals surface area contributed by atoms with Crippen molar-refractivity contribution in [2.75, 3.05) is 11.4 Å². The van der Waals surface area contributed by atoms with Crippen LogP contribution in [0.15, 0.2) is 60.7 Å². The lowest BCUT2D eigenvalue weighted by molar-refractivity contribution is -0.140. The molecule has 4 rings (SSSR count). The van der Waals surface area contributed by atoms with Crippen LogP contribution in [0.5, 0.6) is 0 Å². The molecule has 0 aliphatic carbocycles. The van der Waals surface area contributed by atoms with Gasteiger partial charge in [-0.2, -0.15) is 26.3 Å². The number of alkyl halides is 6. The van der Waals surface area contributed by atoms with Gasteiger partial charge in [0.1, 0.15) is 5.82 Å². The van der Waals surface area contributed by atoms with Gasteiger partial charge in [0.25, 0.3) is 0 Å². The van der Waals surface area contributed by atoms with Gasteiger partial charge in [-0.05, 0) is 54.3 Å². The first-order valence-corrected chi connectivity index (χ1v) is 9.49. The molecule has 1 nitrogen and oxygen atoms in total. The Kier molecular flexibility index (Phi) is 5.19. The summed E-state index contributed by atoms with van der Waals surface area (Å²) in [7, 11) is 0. The number of benzene rings is 3. The fourth-order valence-electron chi connectivity index (χ4n) is 3.83. The molecule has 1 heterocycles. The van der Waals surface area contributed by atoms with Crippen molar-refractivity contribution in [2.45, 2.75) is 25.2 Å². The SMILES string of the molecule is Fc1c(-c2ccc3c(c2)N(c2cccc(C(F)(F)F)c2)CCC3)cccc1C(F)(F)F. The molecule has 0 atom stereocenters. The molecular formula is C23H16F7N. The number of anilines is 2. The van der Waals surface area contributed by atoms with Crippen molar-refractivity contribution >= 4 is 11.4 Å². The third kappa shape index (κ3) is 4.11. The number of aryl methyl sites for hydroxylation is 1. The molecule has 3 aromatic rings. The van der Waals surface area contributed by atoms with E-state index >= 15 is 0 Å². The number of rotatable bonds is 2. The zero-order chi connectivity index (χ0) is 22.4. The van der Waals surface area contributed by atoms with E-state index in [0.29, 0.717) is 36.8 Å². The van der Waals surface area contributed by atoms with Crippen LogP contribution in [0.1, 0.15) is 23.1 Å². The summed E-state index contributed by atoms with van der Waals surface area (Å²) < 4.78 is 93.3.